The fraction of sp³-hybridized carbons (Fsp3) is 0.481. The topological polar surface area (TPSA) is 117 Å². The first-order valence-electron chi connectivity index (χ1n) is 13.2. The number of benzene rings is 2. The van der Waals surface area contributed by atoms with Gasteiger partial charge in [0.05, 0.1) is 36.2 Å². The van der Waals surface area contributed by atoms with Crippen LogP contribution in [-0.4, -0.2) is 63.6 Å². The Morgan fingerprint density at radius 1 is 1.21 bits per heavy atom. The summed E-state index contributed by atoms with van der Waals surface area (Å²) < 4.78 is 36.3. The third-order valence-electron chi connectivity index (χ3n) is 7.28. The molecule has 12 heteroatoms. The van der Waals surface area contributed by atoms with Crippen molar-refractivity contribution in [2.75, 3.05) is 24.5 Å². The molecule has 1 saturated heterocycles. The number of hydrogen-bond acceptors (Lipinski definition) is 6. The summed E-state index contributed by atoms with van der Waals surface area (Å²) >= 11 is 6.15. The van der Waals surface area contributed by atoms with E-state index in [1.165, 1.54) is 6.07 Å². The van der Waals surface area contributed by atoms with Crippen LogP contribution in [0.4, 0.5) is 10.1 Å². The number of para-hydroxylation sites is 1. The highest BCUT2D eigenvalue weighted by atomic mass is 35.5. The quantitative estimate of drug-likeness (QED) is 0.183. The van der Waals surface area contributed by atoms with Crippen LogP contribution in [0.5, 0.6) is 0 Å². The number of morpholine rings is 1. The minimum Gasteiger partial charge on any atom is -0.386 e. The van der Waals surface area contributed by atoms with E-state index in [-0.39, 0.29) is 54.2 Å². The summed E-state index contributed by atoms with van der Waals surface area (Å²) in [5, 5.41) is 5.68. The SMILES string of the molecule is CN(N)/N=C(\N)C[C@@H]1OCC(c2ccc(Cl)cc2)N(C(CN(c2ccccc2F)S(=O)C2CC2)C2CC2)C1=O. The van der Waals surface area contributed by atoms with Crippen molar-refractivity contribution in [1.29, 1.82) is 0 Å². The third kappa shape index (κ3) is 6.54. The number of nitrogens with two attached hydrogens (primary N) is 2. The van der Waals surface area contributed by atoms with Gasteiger partial charge in [-0.25, -0.2) is 19.6 Å². The molecule has 1 heterocycles. The maximum atomic E-state index is 15.0. The molecule has 9 nitrogen and oxygen atoms in total. The van der Waals surface area contributed by atoms with Gasteiger partial charge in [-0.15, -0.1) is 5.10 Å². The lowest BCUT2D eigenvalue weighted by atomic mass is 9.97. The van der Waals surface area contributed by atoms with Gasteiger partial charge in [0.2, 0.25) is 0 Å². The van der Waals surface area contributed by atoms with Crippen LogP contribution in [0.1, 0.15) is 43.7 Å². The van der Waals surface area contributed by atoms with Gasteiger partial charge < -0.3 is 15.4 Å². The standard InChI is InChI=1S/C27H34ClFN6O3S/c1-33(31)32-26(30)14-25-27(36)35(24(16-38-25)18-8-10-19(28)11-9-18)23(17-6-7-17)15-34(39(37)20-12-13-20)22-5-3-2-4-21(22)29/h2-5,8-11,17,20,23-25H,6-7,12-16,31H2,1H3,(H2,30,32)/t23?,24?,25-,39?/m0/s1. The van der Waals surface area contributed by atoms with Gasteiger partial charge >= 0.3 is 0 Å². The fourth-order valence-corrected chi connectivity index (χ4v) is 6.75. The number of nitrogens with zero attached hydrogens (tertiary/aromatic N) is 4. The summed E-state index contributed by atoms with van der Waals surface area (Å²) in [7, 11) is 0.121. The van der Waals surface area contributed by atoms with Crippen molar-refractivity contribution in [1.82, 2.24) is 10.0 Å². The van der Waals surface area contributed by atoms with Gasteiger partial charge in [-0.1, -0.05) is 35.9 Å². The van der Waals surface area contributed by atoms with E-state index in [1.807, 2.05) is 17.0 Å². The maximum Gasteiger partial charge on any atom is 0.253 e. The van der Waals surface area contributed by atoms with Gasteiger partial charge in [-0.05, 0) is 61.4 Å². The molecule has 2 aliphatic carbocycles. The average Bonchev–Trinajstić information content (AvgIpc) is 3.81. The molecular formula is C27H34ClFN6O3S. The molecule has 0 bridgehead atoms. The predicted octanol–water partition coefficient (Wildman–Crippen LogP) is 3.33. The summed E-state index contributed by atoms with van der Waals surface area (Å²) in [6, 6.07) is 13.0. The van der Waals surface area contributed by atoms with Crippen LogP contribution in [0.15, 0.2) is 53.6 Å². The number of rotatable bonds is 11. The zero-order valence-electron chi connectivity index (χ0n) is 21.8. The van der Waals surface area contributed by atoms with Gasteiger partial charge in [0.25, 0.3) is 5.91 Å². The zero-order chi connectivity index (χ0) is 27.7. The molecule has 210 valence electrons. The number of carbonyl (C=O) groups is 1. The first kappa shape index (κ1) is 27.8. The van der Waals surface area contributed by atoms with E-state index < -0.39 is 28.9 Å². The minimum absolute atomic E-state index is 0.00563. The smallest absolute Gasteiger partial charge is 0.253 e. The maximum absolute atomic E-state index is 15.0. The molecule has 2 aromatic rings. The molecule has 3 fully saturated rings. The lowest BCUT2D eigenvalue weighted by molar-refractivity contribution is -0.164. The normalized spacial score (nSPS) is 23.4. The van der Waals surface area contributed by atoms with Crippen molar-refractivity contribution in [3.8, 4) is 0 Å². The van der Waals surface area contributed by atoms with Gasteiger partial charge in [-0.3, -0.25) is 9.10 Å². The van der Waals surface area contributed by atoms with E-state index in [4.69, 9.17) is 27.9 Å². The molecule has 2 saturated carbocycles. The lowest BCUT2D eigenvalue weighted by Crippen LogP contribution is -2.58. The summed E-state index contributed by atoms with van der Waals surface area (Å²) in [6.45, 7) is 0.477. The molecule has 3 aliphatic rings. The van der Waals surface area contributed by atoms with Crippen LogP contribution in [-0.2, 0) is 20.5 Å². The Morgan fingerprint density at radius 2 is 1.90 bits per heavy atom. The van der Waals surface area contributed by atoms with Crippen molar-refractivity contribution < 1.29 is 18.1 Å². The molecule has 0 spiro atoms. The van der Waals surface area contributed by atoms with Gasteiger partial charge in [-0.2, -0.15) is 0 Å². The molecule has 4 atom stereocenters. The highest BCUT2D eigenvalue weighted by Crippen LogP contribution is 2.43. The van der Waals surface area contributed by atoms with E-state index in [1.54, 1.807) is 41.7 Å². The first-order chi connectivity index (χ1) is 18.7. The number of carbonyl (C=O) groups excluding carboxylic acids is 1. The van der Waals surface area contributed by atoms with Crippen molar-refractivity contribution in [3.63, 3.8) is 0 Å². The van der Waals surface area contributed by atoms with Crippen molar-refractivity contribution in [3.05, 3.63) is 64.9 Å². The minimum atomic E-state index is -1.42. The number of amidine groups is 1. The number of hydrazone groups is 1. The largest absolute Gasteiger partial charge is 0.386 e. The lowest BCUT2D eigenvalue weighted by Gasteiger charge is -2.45. The second-order valence-corrected chi connectivity index (χ2v) is 12.5. The van der Waals surface area contributed by atoms with Crippen LogP contribution in [0.2, 0.25) is 5.02 Å². The summed E-state index contributed by atoms with van der Waals surface area (Å²) in [5.74, 6) is 5.30. The van der Waals surface area contributed by atoms with Gasteiger partial charge in [0.15, 0.2) is 0 Å². The van der Waals surface area contributed by atoms with Crippen molar-refractivity contribution in [2.24, 2.45) is 22.6 Å². The Balaban J connectivity index is 1.51. The van der Waals surface area contributed by atoms with E-state index >= 15 is 4.39 Å². The number of amides is 1. The monoisotopic (exact) mass is 576 g/mol. The summed E-state index contributed by atoms with van der Waals surface area (Å²) in [5.41, 5.74) is 7.21. The van der Waals surface area contributed by atoms with Crippen LogP contribution in [0.3, 0.4) is 0 Å². The van der Waals surface area contributed by atoms with Crippen LogP contribution >= 0.6 is 11.6 Å². The Morgan fingerprint density at radius 3 is 2.51 bits per heavy atom. The fourth-order valence-electron chi connectivity index (χ4n) is 5.08. The molecule has 1 aliphatic heterocycles. The Hall–Kier alpha value is -2.73. The molecule has 5 rings (SSSR count). The van der Waals surface area contributed by atoms with E-state index in [2.05, 4.69) is 5.10 Å². The summed E-state index contributed by atoms with van der Waals surface area (Å²) in [4.78, 5) is 16.0. The van der Waals surface area contributed by atoms with Crippen LogP contribution in [0.25, 0.3) is 0 Å². The van der Waals surface area contributed by atoms with Crippen LogP contribution < -0.4 is 15.9 Å². The molecule has 39 heavy (non-hydrogen) atoms. The third-order valence-corrected chi connectivity index (χ3v) is 9.35. The van der Waals surface area contributed by atoms with Crippen molar-refractivity contribution >= 4 is 40.0 Å². The molecule has 2 aromatic carbocycles. The molecule has 3 unspecified atom stereocenters. The van der Waals surface area contributed by atoms with Gasteiger partial charge in [0, 0.05) is 18.5 Å². The Bertz CT molecular complexity index is 1240. The highest BCUT2D eigenvalue weighted by molar-refractivity contribution is 7.87. The number of halogens is 2. The molecule has 1 amide bonds. The van der Waals surface area contributed by atoms with E-state index in [0.29, 0.717) is 5.02 Å². The summed E-state index contributed by atoms with van der Waals surface area (Å²) in [6.07, 6.45) is 2.76. The Kier molecular flexibility index (Phi) is 8.41. The molecule has 0 radical (unpaired) electrons. The number of ether oxygens (including phenoxy) is 1. The Labute approximate surface area is 235 Å². The second kappa shape index (κ2) is 11.8. The second-order valence-electron chi connectivity index (χ2n) is 10.4. The predicted molar refractivity (Wildman–Crippen MR) is 150 cm³/mol. The van der Waals surface area contributed by atoms with Gasteiger partial charge in [0.1, 0.15) is 28.7 Å². The average molecular weight is 577 g/mol. The first-order valence-corrected chi connectivity index (χ1v) is 14.7. The number of anilines is 1. The zero-order valence-corrected chi connectivity index (χ0v) is 23.4. The van der Waals surface area contributed by atoms with Crippen LogP contribution in [0, 0.1) is 11.7 Å². The molecule has 4 N–H and O–H groups in total. The molecule has 0 aromatic heterocycles. The van der Waals surface area contributed by atoms with Crippen molar-refractivity contribution in [2.45, 2.75) is 55.5 Å². The van der Waals surface area contributed by atoms with E-state index in [0.717, 1.165) is 36.4 Å². The van der Waals surface area contributed by atoms with E-state index in [9.17, 15) is 9.00 Å². The number of hydrogen-bond donors (Lipinski definition) is 2. The highest BCUT2D eigenvalue weighted by Gasteiger charge is 2.48. The number of hydrazine groups is 1. The molecular weight excluding hydrogens is 543 g/mol.